The Labute approximate surface area is 136 Å². The largest absolute Gasteiger partial charge is 0.456 e. The van der Waals surface area contributed by atoms with Crippen LogP contribution >= 0.6 is 0 Å². The Morgan fingerprint density at radius 1 is 1.22 bits per heavy atom. The number of rotatable bonds is 4. The van der Waals surface area contributed by atoms with Crippen LogP contribution < -0.4 is 0 Å². The van der Waals surface area contributed by atoms with Gasteiger partial charge in [-0.05, 0) is 33.8 Å². The maximum atomic E-state index is 12.7. The van der Waals surface area contributed by atoms with Gasteiger partial charge in [0, 0.05) is 12.7 Å². The summed E-state index contributed by atoms with van der Waals surface area (Å²) in [4.78, 5) is 26.5. The second kappa shape index (κ2) is 6.54. The molecule has 1 aromatic carbocycles. The van der Waals surface area contributed by atoms with E-state index in [0.717, 1.165) is 5.56 Å². The van der Waals surface area contributed by atoms with E-state index >= 15 is 0 Å². The maximum Gasteiger partial charge on any atom is 0.344 e. The Morgan fingerprint density at radius 3 is 2.35 bits per heavy atom. The average Bonchev–Trinajstić information content (AvgIpc) is 2.76. The molecule has 2 atom stereocenters. The van der Waals surface area contributed by atoms with Crippen LogP contribution in [0.4, 0.5) is 0 Å². The Hall–Kier alpha value is -2.14. The smallest absolute Gasteiger partial charge is 0.344 e. The lowest BCUT2D eigenvalue weighted by Gasteiger charge is -2.31. The van der Waals surface area contributed by atoms with Crippen molar-refractivity contribution in [1.29, 1.82) is 0 Å². The Bertz CT molecular complexity index is 616. The van der Waals surface area contributed by atoms with Crippen LogP contribution in [0.2, 0.25) is 0 Å². The van der Waals surface area contributed by atoms with Crippen LogP contribution in [0.3, 0.4) is 0 Å². The summed E-state index contributed by atoms with van der Waals surface area (Å²) in [6, 6.07) is 9.19. The number of ether oxygens (including phenoxy) is 2. The molecule has 0 spiro atoms. The molecule has 1 aliphatic rings. The first-order valence-electron chi connectivity index (χ1n) is 7.60. The van der Waals surface area contributed by atoms with E-state index in [1.165, 1.54) is 0 Å². The monoisotopic (exact) mass is 317 g/mol. The predicted octanol–water partition coefficient (Wildman–Crippen LogP) is 2.83. The topological polar surface area (TPSA) is 55.8 Å². The molecule has 0 radical (unpaired) electrons. The van der Waals surface area contributed by atoms with Crippen molar-refractivity contribution in [2.24, 2.45) is 0 Å². The normalized spacial score (nSPS) is 19.5. The molecular weight excluding hydrogens is 294 g/mol. The van der Waals surface area contributed by atoms with Gasteiger partial charge in [0.25, 0.3) is 5.91 Å². The van der Waals surface area contributed by atoms with Gasteiger partial charge < -0.3 is 14.4 Å². The van der Waals surface area contributed by atoms with Gasteiger partial charge in [-0.1, -0.05) is 30.3 Å². The number of carbonyl (C=O) groups is 2. The number of nitrogens with zero attached hydrogens (tertiary/aromatic N) is 1. The summed E-state index contributed by atoms with van der Waals surface area (Å²) in [5.74, 6) is -0.970. The molecule has 1 aromatic rings. The number of methoxy groups -OCH3 is 1. The predicted molar refractivity (Wildman–Crippen MR) is 86.4 cm³/mol. The van der Waals surface area contributed by atoms with Crippen molar-refractivity contribution in [3.63, 3.8) is 0 Å². The summed E-state index contributed by atoms with van der Waals surface area (Å²) in [5, 5.41) is 0. The van der Waals surface area contributed by atoms with Crippen LogP contribution in [0, 0.1) is 0 Å². The van der Waals surface area contributed by atoms with Crippen LogP contribution in [0.15, 0.2) is 42.0 Å². The highest BCUT2D eigenvalue weighted by atomic mass is 16.6. The third-order valence-electron chi connectivity index (χ3n) is 3.49. The van der Waals surface area contributed by atoms with Crippen molar-refractivity contribution in [3.05, 3.63) is 47.5 Å². The zero-order chi connectivity index (χ0) is 17.2. The van der Waals surface area contributed by atoms with E-state index in [0.29, 0.717) is 0 Å². The number of benzene rings is 1. The molecular formula is C18H23NO4. The summed E-state index contributed by atoms with van der Waals surface area (Å²) >= 11 is 0. The molecule has 0 bridgehead atoms. The highest BCUT2D eigenvalue weighted by molar-refractivity contribution is 6.18. The Morgan fingerprint density at radius 2 is 1.83 bits per heavy atom. The summed E-state index contributed by atoms with van der Waals surface area (Å²) in [6.07, 6.45) is 1.08. The van der Waals surface area contributed by atoms with Gasteiger partial charge in [-0.2, -0.15) is 0 Å². The van der Waals surface area contributed by atoms with E-state index < -0.39 is 17.8 Å². The van der Waals surface area contributed by atoms with Crippen LogP contribution in [0.5, 0.6) is 0 Å². The third kappa shape index (κ3) is 3.79. The van der Waals surface area contributed by atoms with Gasteiger partial charge in [0.15, 0.2) is 6.23 Å². The van der Waals surface area contributed by atoms with E-state index in [-0.39, 0.29) is 17.5 Å². The van der Waals surface area contributed by atoms with Gasteiger partial charge in [0.05, 0.1) is 6.04 Å². The second-order valence-corrected chi connectivity index (χ2v) is 6.53. The minimum absolute atomic E-state index is 0.0606. The van der Waals surface area contributed by atoms with Crippen LogP contribution in [0.25, 0.3) is 0 Å². The Kier molecular flexibility index (Phi) is 4.90. The molecule has 0 fully saturated rings. The quantitative estimate of drug-likeness (QED) is 0.633. The number of carbonyl (C=O) groups excluding carboxylic acids is 2. The fourth-order valence-corrected chi connectivity index (χ4v) is 2.55. The summed E-state index contributed by atoms with van der Waals surface area (Å²) < 4.78 is 10.8. The molecule has 23 heavy (non-hydrogen) atoms. The lowest BCUT2D eigenvalue weighted by molar-refractivity contribution is -0.153. The highest BCUT2D eigenvalue weighted by Gasteiger charge is 2.40. The average molecular weight is 317 g/mol. The molecule has 0 saturated carbocycles. The molecule has 1 amide bonds. The molecule has 5 nitrogen and oxygen atoms in total. The van der Waals surface area contributed by atoms with Gasteiger partial charge in [0.1, 0.15) is 11.2 Å². The van der Waals surface area contributed by atoms with Crippen LogP contribution in [-0.2, 0) is 19.1 Å². The molecule has 124 valence electrons. The molecule has 0 aromatic heterocycles. The molecule has 1 aliphatic heterocycles. The Balaban J connectivity index is 2.24. The molecule has 0 aliphatic carbocycles. The number of hydrogen-bond acceptors (Lipinski definition) is 4. The number of amides is 1. The fourth-order valence-electron chi connectivity index (χ4n) is 2.55. The standard InChI is InChI=1S/C18H23NO4/c1-12-11-14(17(21)23-18(2,3)4)15(20)19(12)16(22-5)13-9-7-6-8-10-13/h6-12,16H,1-5H3. The minimum Gasteiger partial charge on any atom is -0.456 e. The molecule has 2 unspecified atom stereocenters. The van der Waals surface area contributed by atoms with E-state index in [1.807, 2.05) is 37.3 Å². The van der Waals surface area contributed by atoms with E-state index in [2.05, 4.69) is 0 Å². The first-order chi connectivity index (χ1) is 10.7. The molecule has 5 heteroatoms. The van der Waals surface area contributed by atoms with E-state index in [1.54, 1.807) is 38.9 Å². The molecule has 0 saturated heterocycles. The van der Waals surface area contributed by atoms with Crippen molar-refractivity contribution >= 4 is 11.9 Å². The van der Waals surface area contributed by atoms with E-state index in [9.17, 15) is 9.59 Å². The number of esters is 1. The van der Waals surface area contributed by atoms with Crippen molar-refractivity contribution in [3.8, 4) is 0 Å². The van der Waals surface area contributed by atoms with Crippen LogP contribution in [-0.4, -0.2) is 35.5 Å². The van der Waals surface area contributed by atoms with Gasteiger partial charge >= 0.3 is 5.97 Å². The third-order valence-corrected chi connectivity index (χ3v) is 3.49. The fraction of sp³-hybridized carbons (Fsp3) is 0.444. The van der Waals surface area contributed by atoms with Gasteiger partial charge in [-0.15, -0.1) is 0 Å². The highest BCUT2D eigenvalue weighted by Crippen LogP contribution is 2.31. The minimum atomic E-state index is -0.644. The zero-order valence-electron chi connectivity index (χ0n) is 14.2. The first-order valence-corrected chi connectivity index (χ1v) is 7.60. The van der Waals surface area contributed by atoms with Crippen molar-refractivity contribution in [2.45, 2.75) is 45.6 Å². The summed E-state index contributed by atoms with van der Waals surface area (Å²) in [7, 11) is 1.54. The van der Waals surface area contributed by atoms with E-state index in [4.69, 9.17) is 9.47 Å². The van der Waals surface area contributed by atoms with Crippen LogP contribution in [0.1, 0.15) is 39.5 Å². The van der Waals surface area contributed by atoms with Gasteiger partial charge in [0.2, 0.25) is 0 Å². The molecule has 2 rings (SSSR count). The lowest BCUT2D eigenvalue weighted by atomic mass is 10.1. The summed E-state index contributed by atoms with van der Waals surface area (Å²) in [5.41, 5.74) is 0.272. The molecule has 0 N–H and O–H groups in total. The zero-order valence-corrected chi connectivity index (χ0v) is 14.2. The second-order valence-electron chi connectivity index (χ2n) is 6.53. The maximum absolute atomic E-state index is 12.7. The van der Waals surface area contributed by atoms with Crippen molar-refractivity contribution in [1.82, 2.24) is 4.90 Å². The first kappa shape index (κ1) is 17.2. The SMILES string of the molecule is COC(c1ccccc1)N1C(=O)C(C(=O)OC(C)(C)C)=CC1C. The number of hydrogen-bond donors (Lipinski definition) is 0. The lowest BCUT2D eigenvalue weighted by Crippen LogP contribution is -2.38. The summed E-state index contributed by atoms with van der Waals surface area (Å²) in [6.45, 7) is 7.17. The van der Waals surface area contributed by atoms with Gasteiger partial charge in [-0.3, -0.25) is 4.79 Å². The van der Waals surface area contributed by atoms with Crippen molar-refractivity contribution < 1.29 is 19.1 Å². The van der Waals surface area contributed by atoms with Crippen molar-refractivity contribution in [2.75, 3.05) is 7.11 Å². The molecule has 1 heterocycles. The van der Waals surface area contributed by atoms with Gasteiger partial charge in [-0.25, -0.2) is 4.79 Å².